The van der Waals surface area contributed by atoms with Crippen molar-refractivity contribution in [1.82, 2.24) is 14.1 Å². The second-order valence-corrected chi connectivity index (χ2v) is 7.39. The van der Waals surface area contributed by atoms with Crippen molar-refractivity contribution in [2.75, 3.05) is 11.9 Å². The van der Waals surface area contributed by atoms with Crippen LogP contribution in [-0.4, -0.2) is 32.6 Å². The molecule has 1 amide bonds. The fourth-order valence-electron chi connectivity index (χ4n) is 3.84. The van der Waals surface area contributed by atoms with Crippen molar-refractivity contribution < 1.29 is 14.3 Å². The molecule has 30 heavy (non-hydrogen) atoms. The zero-order valence-corrected chi connectivity index (χ0v) is 17.1. The summed E-state index contributed by atoms with van der Waals surface area (Å²) in [4.78, 5) is 42.1. The van der Waals surface area contributed by atoms with Crippen LogP contribution in [0.5, 0.6) is 0 Å². The van der Waals surface area contributed by atoms with Crippen molar-refractivity contribution in [2.45, 2.75) is 46.2 Å². The molecule has 0 bridgehead atoms. The molecule has 1 N–H and O–H groups in total. The molecular weight excluding hydrogens is 384 g/mol. The van der Waals surface area contributed by atoms with Gasteiger partial charge in [-0.25, -0.2) is 9.78 Å². The summed E-state index contributed by atoms with van der Waals surface area (Å²) < 4.78 is 8.40. The molecule has 3 heterocycles. The Labute approximate surface area is 173 Å². The summed E-state index contributed by atoms with van der Waals surface area (Å²) in [6, 6.07) is 8.36. The van der Waals surface area contributed by atoms with Crippen LogP contribution >= 0.6 is 0 Å². The van der Waals surface area contributed by atoms with Crippen molar-refractivity contribution in [3.8, 4) is 0 Å². The fraction of sp³-hybridized carbons (Fsp3) is 0.364. The van der Waals surface area contributed by atoms with Gasteiger partial charge in [-0.05, 0) is 57.0 Å². The van der Waals surface area contributed by atoms with Crippen LogP contribution in [0.2, 0.25) is 0 Å². The summed E-state index contributed by atoms with van der Waals surface area (Å²) >= 11 is 0. The van der Waals surface area contributed by atoms with Gasteiger partial charge in [-0.1, -0.05) is 0 Å². The van der Waals surface area contributed by atoms with Gasteiger partial charge >= 0.3 is 5.97 Å². The Kier molecular flexibility index (Phi) is 5.39. The zero-order valence-electron chi connectivity index (χ0n) is 17.1. The third-order valence-electron chi connectivity index (χ3n) is 5.31. The number of esters is 1. The Morgan fingerprint density at radius 2 is 1.97 bits per heavy atom. The summed E-state index contributed by atoms with van der Waals surface area (Å²) in [7, 11) is 0. The first-order valence-corrected chi connectivity index (χ1v) is 10.1. The highest BCUT2D eigenvalue weighted by Gasteiger charge is 2.20. The first-order chi connectivity index (χ1) is 14.5. The molecule has 1 aliphatic heterocycles. The normalized spacial score (nSPS) is 13.1. The minimum atomic E-state index is -0.402. The number of hydrogen-bond acceptors (Lipinski definition) is 5. The van der Waals surface area contributed by atoms with Crippen molar-refractivity contribution in [1.29, 1.82) is 0 Å². The van der Waals surface area contributed by atoms with E-state index in [1.807, 2.05) is 13.0 Å². The van der Waals surface area contributed by atoms with E-state index in [1.54, 1.807) is 40.3 Å². The number of benzene rings is 1. The van der Waals surface area contributed by atoms with E-state index in [-0.39, 0.29) is 18.0 Å². The summed E-state index contributed by atoms with van der Waals surface area (Å²) in [6.45, 7) is 4.59. The molecule has 156 valence electrons. The molecule has 0 radical (unpaired) electrons. The quantitative estimate of drug-likeness (QED) is 0.655. The first-order valence-electron chi connectivity index (χ1n) is 10.1. The zero-order chi connectivity index (χ0) is 21.3. The predicted molar refractivity (Wildman–Crippen MR) is 113 cm³/mol. The van der Waals surface area contributed by atoms with Crippen LogP contribution in [0.15, 0.2) is 35.1 Å². The van der Waals surface area contributed by atoms with Gasteiger partial charge in [0.15, 0.2) is 0 Å². The molecule has 0 spiro atoms. The number of carbonyl (C=O) groups excluding carboxylic acids is 2. The number of ether oxygens (including phenoxy) is 1. The summed E-state index contributed by atoms with van der Waals surface area (Å²) in [5.74, 6) is 0.157. The number of nitrogens with zero attached hydrogens (tertiary/aromatic N) is 3. The smallest absolute Gasteiger partial charge is 0.338 e. The van der Waals surface area contributed by atoms with Crippen molar-refractivity contribution in [2.24, 2.45) is 0 Å². The van der Waals surface area contributed by atoms with E-state index < -0.39 is 5.97 Å². The number of carbonyl (C=O) groups is 2. The summed E-state index contributed by atoms with van der Waals surface area (Å²) in [5, 5.41) is 2.81. The highest BCUT2D eigenvalue weighted by Crippen LogP contribution is 2.19. The fourth-order valence-corrected chi connectivity index (χ4v) is 3.84. The minimum absolute atomic E-state index is 0.00519. The SMILES string of the molecule is CCOC(=O)c1ccc(NC(=O)Cn2c(C)cc3nc4n(c(=O)c32)CCCC4)cc1. The Morgan fingerprint density at radius 1 is 1.20 bits per heavy atom. The molecule has 1 aromatic carbocycles. The van der Waals surface area contributed by atoms with Gasteiger partial charge in [0.2, 0.25) is 5.91 Å². The van der Waals surface area contributed by atoms with Gasteiger partial charge in [0, 0.05) is 24.3 Å². The maximum absolute atomic E-state index is 13.0. The van der Waals surface area contributed by atoms with Crippen LogP contribution in [0.1, 0.15) is 41.6 Å². The lowest BCUT2D eigenvalue weighted by Crippen LogP contribution is -2.30. The van der Waals surface area contributed by atoms with E-state index in [4.69, 9.17) is 4.74 Å². The lowest BCUT2D eigenvalue weighted by molar-refractivity contribution is -0.116. The average molecular weight is 408 g/mol. The molecule has 1 aliphatic rings. The lowest BCUT2D eigenvalue weighted by Gasteiger charge is -2.17. The minimum Gasteiger partial charge on any atom is -0.462 e. The number of amides is 1. The van der Waals surface area contributed by atoms with Gasteiger partial charge in [0.25, 0.3) is 5.56 Å². The van der Waals surface area contributed by atoms with E-state index >= 15 is 0 Å². The summed E-state index contributed by atoms with van der Waals surface area (Å²) in [6.07, 6.45) is 2.80. The number of aryl methyl sites for hydroxylation is 2. The van der Waals surface area contributed by atoms with Crippen molar-refractivity contribution in [3.63, 3.8) is 0 Å². The summed E-state index contributed by atoms with van der Waals surface area (Å²) in [5.41, 5.74) is 2.81. The molecular formula is C22H24N4O4. The molecule has 0 saturated heterocycles. The molecule has 3 aromatic rings. The van der Waals surface area contributed by atoms with Gasteiger partial charge in [-0.15, -0.1) is 0 Å². The molecule has 0 aliphatic carbocycles. The van der Waals surface area contributed by atoms with E-state index in [0.29, 0.717) is 35.4 Å². The highest BCUT2D eigenvalue weighted by atomic mass is 16.5. The number of rotatable bonds is 5. The maximum Gasteiger partial charge on any atom is 0.338 e. The van der Waals surface area contributed by atoms with Crippen LogP contribution in [0.25, 0.3) is 11.0 Å². The van der Waals surface area contributed by atoms with E-state index in [0.717, 1.165) is 30.8 Å². The van der Waals surface area contributed by atoms with Gasteiger partial charge < -0.3 is 14.6 Å². The van der Waals surface area contributed by atoms with E-state index in [1.165, 1.54) is 0 Å². The third-order valence-corrected chi connectivity index (χ3v) is 5.31. The lowest BCUT2D eigenvalue weighted by atomic mass is 10.1. The Morgan fingerprint density at radius 3 is 2.70 bits per heavy atom. The molecule has 0 saturated carbocycles. The second-order valence-electron chi connectivity index (χ2n) is 7.39. The number of anilines is 1. The molecule has 2 aromatic heterocycles. The Balaban J connectivity index is 1.55. The van der Waals surface area contributed by atoms with Gasteiger partial charge in [-0.3, -0.25) is 14.2 Å². The molecule has 8 nitrogen and oxygen atoms in total. The number of aromatic nitrogens is 3. The Bertz CT molecular complexity index is 1170. The van der Waals surface area contributed by atoms with E-state index in [9.17, 15) is 14.4 Å². The molecule has 8 heteroatoms. The molecule has 4 rings (SSSR count). The third kappa shape index (κ3) is 3.72. The van der Waals surface area contributed by atoms with E-state index in [2.05, 4.69) is 10.3 Å². The topological polar surface area (TPSA) is 95.2 Å². The standard InChI is InChI=1S/C22H24N4O4/c1-3-30-22(29)15-7-9-16(10-8-15)23-19(27)13-26-14(2)12-17-20(26)21(28)25-11-5-4-6-18(25)24-17/h7-10,12H,3-6,11,13H2,1-2H3,(H,23,27). The van der Waals surface area contributed by atoms with Crippen molar-refractivity contribution >= 4 is 28.6 Å². The molecule has 0 atom stereocenters. The van der Waals surface area contributed by atoms with Gasteiger partial charge in [0.1, 0.15) is 17.9 Å². The van der Waals surface area contributed by atoms with Crippen LogP contribution in [0.4, 0.5) is 5.69 Å². The maximum atomic E-state index is 13.0. The number of fused-ring (bicyclic) bond motifs is 2. The molecule has 0 unspecified atom stereocenters. The van der Waals surface area contributed by atoms with Crippen LogP contribution < -0.4 is 10.9 Å². The highest BCUT2D eigenvalue weighted by molar-refractivity contribution is 5.93. The largest absolute Gasteiger partial charge is 0.462 e. The predicted octanol–water partition coefficient (Wildman–Crippen LogP) is 2.66. The average Bonchev–Trinajstić information content (AvgIpc) is 3.04. The van der Waals surface area contributed by atoms with Gasteiger partial charge in [-0.2, -0.15) is 0 Å². The Hall–Kier alpha value is -3.42. The van der Waals surface area contributed by atoms with Crippen LogP contribution in [-0.2, 0) is 29.0 Å². The monoisotopic (exact) mass is 408 g/mol. The van der Waals surface area contributed by atoms with Gasteiger partial charge in [0.05, 0.1) is 17.7 Å². The second kappa shape index (κ2) is 8.14. The first kappa shape index (κ1) is 19.9. The van der Waals surface area contributed by atoms with Crippen LogP contribution in [0.3, 0.4) is 0 Å². The number of hydrogen-bond donors (Lipinski definition) is 1. The number of nitrogens with one attached hydrogen (secondary N) is 1. The molecule has 0 fully saturated rings. The van der Waals surface area contributed by atoms with Crippen molar-refractivity contribution in [3.05, 3.63) is 57.8 Å². The van der Waals surface area contributed by atoms with Crippen LogP contribution in [0, 0.1) is 6.92 Å².